The van der Waals surface area contributed by atoms with Crippen molar-refractivity contribution < 1.29 is 58.9 Å². The number of hydrogen-bond acceptors (Lipinski definition) is 8. The van der Waals surface area contributed by atoms with Crippen LogP contribution in [-0.4, -0.2) is 103 Å². The Hall–Kier alpha value is 0.332. The summed E-state index contributed by atoms with van der Waals surface area (Å²) in [6.07, 6.45) is 9.39. The summed E-state index contributed by atoms with van der Waals surface area (Å²) in [5.74, 6) is 0.336. The molecule has 2 unspecified atom stereocenters. The van der Waals surface area contributed by atoms with Crippen LogP contribution in [0.4, 0.5) is 0 Å². The SMILES string of the molecule is C.C.C.[B].[C-]#[N+][C@H](C)C[C@H]1CC[C@@H]2O[C@@H](CCC(=O)OOC)[C@@H](CI)C2O1.[C-]#[N+][C@H](C)C[C@H]1CC[C@@H]2O[C@@H](CCCO)[C@@H](CI)C2O1.[H-].[Li+]. The first-order valence-corrected chi connectivity index (χ1v) is 18.6. The number of alkyl halides is 2. The summed E-state index contributed by atoms with van der Waals surface area (Å²) in [7, 11) is 1.32. The number of aliphatic hydroxyl groups excluding tert-OH is 1. The third kappa shape index (κ3) is 15.5. The molecule has 0 aliphatic carbocycles. The van der Waals surface area contributed by atoms with E-state index in [1.165, 1.54) is 7.11 Å². The van der Waals surface area contributed by atoms with Gasteiger partial charge in [0, 0.05) is 62.4 Å². The van der Waals surface area contributed by atoms with E-state index in [9.17, 15) is 4.79 Å². The molecule has 0 saturated carbocycles. The van der Waals surface area contributed by atoms with E-state index < -0.39 is 0 Å². The Morgan fingerprint density at radius 3 is 1.67 bits per heavy atom. The Morgan fingerprint density at radius 1 is 0.854 bits per heavy atom. The predicted molar refractivity (Wildman–Crippen MR) is 205 cm³/mol. The molecule has 0 amide bonds. The van der Waals surface area contributed by atoms with Crippen molar-refractivity contribution in [1.29, 1.82) is 0 Å². The number of ether oxygens (including phenoxy) is 4. The summed E-state index contributed by atoms with van der Waals surface area (Å²) in [4.78, 5) is 27.5. The van der Waals surface area contributed by atoms with E-state index in [1.807, 2.05) is 13.8 Å². The summed E-state index contributed by atoms with van der Waals surface area (Å²) in [6, 6.07) is 0.0404. The van der Waals surface area contributed by atoms with Crippen LogP contribution in [0, 0.1) is 25.0 Å². The zero-order valence-corrected chi connectivity index (χ0v) is 31.5. The minimum atomic E-state index is -0.372. The molecule has 12 atom stereocenters. The van der Waals surface area contributed by atoms with Crippen LogP contribution in [-0.2, 0) is 33.5 Å². The second-order valence-electron chi connectivity index (χ2n) is 12.1. The number of nitrogens with zero attached hydrogens (tertiary/aromatic N) is 2. The molecule has 14 heteroatoms. The van der Waals surface area contributed by atoms with Crippen molar-refractivity contribution in [3.05, 3.63) is 22.8 Å². The van der Waals surface area contributed by atoms with E-state index in [1.54, 1.807) is 0 Å². The van der Waals surface area contributed by atoms with E-state index in [2.05, 4.69) is 64.6 Å². The second kappa shape index (κ2) is 27.9. The van der Waals surface area contributed by atoms with E-state index in [4.69, 9.17) is 37.2 Å². The molecule has 0 aromatic rings. The average Bonchev–Trinajstić information content (AvgIpc) is 3.55. The summed E-state index contributed by atoms with van der Waals surface area (Å²) in [5, 5.41) is 9.00. The van der Waals surface area contributed by atoms with E-state index in [-0.39, 0.29) is 137 Å². The van der Waals surface area contributed by atoms with Gasteiger partial charge in [-0.3, -0.25) is 4.89 Å². The van der Waals surface area contributed by atoms with Crippen LogP contribution >= 0.6 is 45.2 Å². The quantitative estimate of drug-likeness (QED) is 0.0727. The van der Waals surface area contributed by atoms with Gasteiger partial charge < -0.3 is 35.2 Å². The van der Waals surface area contributed by atoms with Crippen molar-refractivity contribution in [1.82, 2.24) is 0 Å². The van der Waals surface area contributed by atoms with Crippen LogP contribution in [0.3, 0.4) is 0 Å². The second-order valence-corrected chi connectivity index (χ2v) is 13.9. The van der Waals surface area contributed by atoms with Crippen molar-refractivity contribution in [2.75, 3.05) is 22.6 Å². The van der Waals surface area contributed by atoms with Crippen LogP contribution in [0.15, 0.2) is 0 Å². The zero-order chi connectivity index (χ0) is 31.4. The molecule has 4 saturated heterocycles. The maximum atomic E-state index is 11.5. The van der Waals surface area contributed by atoms with Gasteiger partial charge in [0.2, 0.25) is 12.1 Å². The van der Waals surface area contributed by atoms with Gasteiger partial charge in [0.25, 0.3) is 0 Å². The van der Waals surface area contributed by atoms with Crippen LogP contribution in [0.2, 0.25) is 0 Å². The topological polar surface area (TPSA) is 101 Å². The molecule has 0 bridgehead atoms. The van der Waals surface area contributed by atoms with Gasteiger partial charge in [-0.2, -0.15) is 4.89 Å². The molecule has 1 N–H and O–H groups in total. The predicted octanol–water partition coefficient (Wildman–Crippen LogP) is 4.40. The Labute approximate surface area is 334 Å². The standard InChI is InChI=1S/C16H24INO5.C15H24INO3.3CH4.B.Li.H/c1-10(18-2)8-11-4-5-14-16(21-11)12(9-17)13(22-14)6-7-15(19)23-20-3;1-10(17-2)8-11-5-6-14-15(19-11)12(9-16)13(20-14)4-3-7-18;;;;;;/h10-14,16H,4-9H2,1,3H3;10-15,18H,3-9H2,1H3;3*1H4;;;/q;;;;;;+1;-1/t10-,11-,12-,13+,14+,16?;10-,11-,12-,13+,14+,15?;;;;;;/m11....../s1. The molecule has 4 aliphatic rings. The average molecular weight is 897 g/mol. The van der Waals surface area contributed by atoms with E-state index >= 15 is 0 Å². The molecule has 3 radical (unpaired) electrons. The van der Waals surface area contributed by atoms with E-state index in [0.717, 1.165) is 60.2 Å². The summed E-state index contributed by atoms with van der Waals surface area (Å²) in [6.45, 7) is 18.3. The fraction of sp³-hybridized carbons (Fsp3) is 0.912. The largest absolute Gasteiger partial charge is 1.00 e. The van der Waals surface area contributed by atoms with Crippen molar-refractivity contribution in [3.8, 4) is 0 Å². The van der Waals surface area contributed by atoms with Gasteiger partial charge in [-0.05, 0) is 44.9 Å². The van der Waals surface area contributed by atoms with Crippen molar-refractivity contribution in [2.24, 2.45) is 11.8 Å². The number of aliphatic hydroxyl groups is 1. The summed E-state index contributed by atoms with van der Waals surface area (Å²) < 4.78 is 26.8. The number of hydrogen-bond donors (Lipinski definition) is 1. The molecule has 0 aromatic carbocycles. The number of halogens is 2. The van der Waals surface area contributed by atoms with Gasteiger partial charge in [-0.15, -0.1) is 0 Å². The maximum Gasteiger partial charge on any atom is 1.00 e. The number of fused-ring (bicyclic) bond motifs is 2. The first kappa shape index (κ1) is 52.7. The van der Waals surface area contributed by atoms with Crippen LogP contribution in [0.25, 0.3) is 9.69 Å². The van der Waals surface area contributed by atoms with Gasteiger partial charge in [0.05, 0.1) is 62.4 Å². The van der Waals surface area contributed by atoms with Gasteiger partial charge in [0.15, 0.2) is 0 Å². The van der Waals surface area contributed by atoms with Gasteiger partial charge in [0.1, 0.15) is 0 Å². The minimum absolute atomic E-state index is 0. The fourth-order valence-corrected chi connectivity index (χ4v) is 8.88. The molecule has 0 spiro atoms. The van der Waals surface area contributed by atoms with Gasteiger partial charge in [-0.25, -0.2) is 17.9 Å². The third-order valence-corrected chi connectivity index (χ3v) is 11.0. The van der Waals surface area contributed by atoms with Crippen molar-refractivity contribution in [2.45, 2.75) is 161 Å². The number of rotatable bonds is 13. The number of carbonyl (C=O) groups excluding carboxylic acids is 1. The molecular weight excluding hydrogens is 836 g/mol. The smallest absolute Gasteiger partial charge is 1.00 e. The first-order chi connectivity index (χ1) is 20.8. The molecule has 4 heterocycles. The van der Waals surface area contributed by atoms with Crippen molar-refractivity contribution >= 4 is 59.6 Å². The maximum absolute atomic E-state index is 11.5. The first-order valence-electron chi connectivity index (χ1n) is 15.6. The minimum Gasteiger partial charge on any atom is -1.00 e. The molecule has 48 heavy (non-hydrogen) atoms. The molecular formula is C34H61BI2LiN2O8. The fourth-order valence-electron chi connectivity index (χ4n) is 6.74. The Kier molecular flexibility index (Phi) is 30.6. The zero-order valence-electron chi connectivity index (χ0n) is 28.2. The molecule has 10 nitrogen and oxygen atoms in total. The summed E-state index contributed by atoms with van der Waals surface area (Å²) in [5.41, 5.74) is 0. The summed E-state index contributed by atoms with van der Waals surface area (Å²) >= 11 is 4.77. The molecule has 4 fully saturated rings. The Bertz CT molecular complexity index is 955. The van der Waals surface area contributed by atoms with Crippen LogP contribution in [0.1, 0.15) is 102 Å². The van der Waals surface area contributed by atoms with Gasteiger partial charge >= 0.3 is 24.8 Å². The van der Waals surface area contributed by atoms with Crippen LogP contribution < -0.4 is 18.9 Å². The van der Waals surface area contributed by atoms with Crippen LogP contribution in [0.5, 0.6) is 0 Å². The molecule has 4 aliphatic heterocycles. The third-order valence-electron chi connectivity index (χ3n) is 8.94. The Morgan fingerprint density at radius 2 is 1.29 bits per heavy atom. The van der Waals surface area contributed by atoms with Gasteiger partial charge in [-0.1, -0.05) is 67.5 Å². The Balaban J connectivity index is -0.000000371. The van der Waals surface area contributed by atoms with E-state index in [0.29, 0.717) is 12.3 Å². The van der Waals surface area contributed by atoms with Crippen molar-refractivity contribution in [3.63, 3.8) is 0 Å². The normalized spacial score (nSPS) is 32.4. The molecule has 0 aromatic heterocycles. The molecule has 273 valence electrons. The molecule has 4 rings (SSSR count). The monoisotopic (exact) mass is 897 g/mol. The number of carbonyl (C=O) groups is 1.